The Hall–Kier alpha value is -1.32. The first-order chi connectivity index (χ1) is 9.57. The van der Waals surface area contributed by atoms with Gasteiger partial charge >= 0.3 is 0 Å². The van der Waals surface area contributed by atoms with E-state index in [4.69, 9.17) is 0 Å². The summed E-state index contributed by atoms with van der Waals surface area (Å²) in [6.45, 7) is 14.5. The third-order valence-corrected chi connectivity index (χ3v) is 3.88. The average molecular weight is 293 g/mol. The van der Waals surface area contributed by atoms with Crippen LogP contribution in [-0.4, -0.2) is 33.7 Å². The molecule has 0 unspecified atom stereocenters. The molecule has 0 aliphatic rings. The van der Waals surface area contributed by atoms with Gasteiger partial charge in [-0.2, -0.15) is 5.10 Å². The van der Waals surface area contributed by atoms with Crippen LogP contribution in [0.4, 0.5) is 0 Å². The van der Waals surface area contributed by atoms with Gasteiger partial charge in [-0.15, -0.1) is 0 Å². The van der Waals surface area contributed by atoms with Crippen LogP contribution in [0.5, 0.6) is 0 Å². The molecular weight excluding hydrogens is 262 g/mol. The third-order valence-electron chi connectivity index (χ3n) is 3.88. The maximum Gasteiger partial charge on any atom is 0.222 e. The highest BCUT2D eigenvalue weighted by atomic mass is 16.2. The van der Waals surface area contributed by atoms with Crippen LogP contribution in [0.2, 0.25) is 0 Å². The van der Waals surface area contributed by atoms with Crippen LogP contribution >= 0.6 is 0 Å². The lowest BCUT2D eigenvalue weighted by molar-refractivity contribution is -0.132. The first-order valence-electron chi connectivity index (χ1n) is 7.83. The van der Waals surface area contributed by atoms with E-state index < -0.39 is 0 Å². The Morgan fingerprint density at radius 3 is 2.33 bits per heavy atom. The standard InChI is InChI=1S/C17H31N3O/c1-8-20(13-16(2,3)4)15(21)9-11-17(5,6)14-10-12-18-19(14)7/h10,12H,8-9,11,13H2,1-7H3. The summed E-state index contributed by atoms with van der Waals surface area (Å²) in [4.78, 5) is 14.4. The van der Waals surface area contributed by atoms with Crippen molar-refractivity contribution in [1.82, 2.24) is 14.7 Å². The fourth-order valence-electron chi connectivity index (χ4n) is 2.69. The largest absolute Gasteiger partial charge is 0.342 e. The normalized spacial score (nSPS) is 12.5. The second-order valence-corrected chi connectivity index (χ2v) is 7.69. The average Bonchev–Trinajstić information content (AvgIpc) is 2.79. The summed E-state index contributed by atoms with van der Waals surface area (Å²) >= 11 is 0. The van der Waals surface area contributed by atoms with Gasteiger partial charge < -0.3 is 4.90 Å². The van der Waals surface area contributed by atoms with Crippen molar-refractivity contribution in [3.63, 3.8) is 0 Å². The van der Waals surface area contributed by atoms with Gasteiger partial charge in [-0.1, -0.05) is 34.6 Å². The van der Waals surface area contributed by atoms with Crippen LogP contribution in [0, 0.1) is 5.41 Å². The molecule has 0 atom stereocenters. The highest BCUT2D eigenvalue weighted by molar-refractivity contribution is 5.76. The van der Waals surface area contributed by atoms with E-state index >= 15 is 0 Å². The van der Waals surface area contributed by atoms with E-state index in [1.165, 1.54) is 5.69 Å². The zero-order valence-electron chi connectivity index (χ0n) is 14.7. The molecule has 4 nitrogen and oxygen atoms in total. The van der Waals surface area contributed by atoms with E-state index in [9.17, 15) is 4.79 Å². The number of nitrogens with zero attached hydrogens (tertiary/aromatic N) is 3. The molecule has 0 fully saturated rings. The molecule has 0 spiro atoms. The number of carbonyl (C=O) groups is 1. The van der Waals surface area contributed by atoms with Crippen molar-refractivity contribution in [3.8, 4) is 0 Å². The SMILES string of the molecule is CCN(CC(C)(C)C)C(=O)CCC(C)(C)c1ccnn1C. The highest BCUT2D eigenvalue weighted by Crippen LogP contribution is 2.28. The van der Waals surface area contributed by atoms with E-state index in [0.717, 1.165) is 19.5 Å². The van der Waals surface area contributed by atoms with Gasteiger partial charge in [0.15, 0.2) is 0 Å². The van der Waals surface area contributed by atoms with Gasteiger partial charge in [-0.25, -0.2) is 0 Å². The minimum atomic E-state index is -0.0396. The maximum absolute atomic E-state index is 12.5. The summed E-state index contributed by atoms with van der Waals surface area (Å²) in [7, 11) is 1.96. The van der Waals surface area contributed by atoms with Crippen molar-refractivity contribution in [2.24, 2.45) is 12.5 Å². The number of aryl methyl sites for hydroxylation is 1. The molecule has 0 aromatic carbocycles. The van der Waals surface area contributed by atoms with Gasteiger partial charge in [-0.05, 0) is 24.8 Å². The molecule has 120 valence electrons. The lowest BCUT2D eigenvalue weighted by Crippen LogP contribution is -2.38. The van der Waals surface area contributed by atoms with Crippen LogP contribution in [-0.2, 0) is 17.3 Å². The fraction of sp³-hybridized carbons (Fsp3) is 0.765. The molecule has 0 aliphatic heterocycles. The first-order valence-corrected chi connectivity index (χ1v) is 7.83. The van der Waals surface area contributed by atoms with Crippen LogP contribution in [0.15, 0.2) is 12.3 Å². The molecular formula is C17H31N3O. The molecule has 0 N–H and O–H groups in total. The van der Waals surface area contributed by atoms with Gasteiger partial charge in [0.1, 0.15) is 0 Å². The molecule has 0 saturated carbocycles. The molecule has 0 aliphatic carbocycles. The van der Waals surface area contributed by atoms with Gasteiger partial charge in [-0.3, -0.25) is 9.48 Å². The van der Waals surface area contributed by atoms with E-state index in [1.54, 1.807) is 0 Å². The number of rotatable bonds is 6. The zero-order chi connectivity index (χ0) is 16.3. The Morgan fingerprint density at radius 2 is 1.90 bits per heavy atom. The lowest BCUT2D eigenvalue weighted by atomic mass is 9.84. The number of hydrogen-bond donors (Lipinski definition) is 0. The predicted molar refractivity (Wildman–Crippen MR) is 87.2 cm³/mol. The summed E-state index contributed by atoms with van der Waals surface area (Å²) in [6.07, 6.45) is 3.24. The molecule has 0 saturated heterocycles. The minimum absolute atomic E-state index is 0.0396. The molecule has 1 aromatic heterocycles. The maximum atomic E-state index is 12.5. The molecule has 21 heavy (non-hydrogen) atoms. The molecule has 4 heteroatoms. The predicted octanol–water partition coefficient (Wildman–Crippen LogP) is 3.37. The number of amides is 1. The van der Waals surface area contributed by atoms with Gasteiger partial charge in [0, 0.05) is 43.9 Å². The second kappa shape index (κ2) is 6.63. The molecule has 1 amide bonds. The number of hydrogen-bond acceptors (Lipinski definition) is 2. The Morgan fingerprint density at radius 1 is 1.29 bits per heavy atom. The van der Waals surface area contributed by atoms with Crippen molar-refractivity contribution in [2.45, 2.75) is 59.8 Å². The molecule has 1 aromatic rings. The zero-order valence-corrected chi connectivity index (χ0v) is 14.7. The summed E-state index contributed by atoms with van der Waals surface area (Å²) in [6, 6.07) is 2.04. The van der Waals surface area contributed by atoms with Crippen molar-refractivity contribution < 1.29 is 4.79 Å². The lowest BCUT2D eigenvalue weighted by Gasteiger charge is -2.31. The summed E-state index contributed by atoms with van der Waals surface area (Å²) in [5, 5.41) is 4.23. The molecule has 0 bridgehead atoms. The molecule has 1 rings (SSSR count). The smallest absolute Gasteiger partial charge is 0.222 e. The Balaban J connectivity index is 2.65. The van der Waals surface area contributed by atoms with E-state index in [1.807, 2.05) is 28.9 Å². The van der Waals surface area contributed by atoms with Gasteiger partial charge in [0.05, 0.1) is 0 Å². The van der Waals surface area contributed by atoms with Crippen molar-refractivity contribution >= 4 is 5.91 Å². The molecule has 0 radical (unpaired) electrons. The van der Waals surface area contributed by atoms with Crippen molar-refractivity contribution in [3.05, 3.63) is 18.0 Å². The number of carbonyl (C=O) groups excluding carboxylic acids is 1. The fourth-order valence-corrected chi connectivity index (χ4v) is 2.69. The third kappa shape index (κ3) is 5.18. The van der Waals surface area contributed by atoms with E-state index in [0.29, 0.717) is 6.42 Å². The second-order valence-electron chi connectivity index (χ2n) is 7.69. The first kappa shape index (κ1) is 17.7. The number of aromatic nitrogens is 2. The van der Waals surface area contributed by atoms with Crippen LogP contribution < -0.4 is 0 Å². The quantitative estimate of drug-likeness (QED) is 0.806. The van der Waals surface area contributed by atoms with Crippen molar-refractivity contribution in [1.29, 1.82) is 0 Å². The molecule has 1 heterocycles. The Bertz CT molecular complexity index is 469. The van der Waals surface area contributed by atoms with E-state index in [2.05, 4.69) is 46.6 Å². The Labute approximate surface area is 129 Å². The summed E-state index contributed by atoms with van der Waals surface area (Å²) in [5.74, 6) is 0.252. The van der Waals surface area contributed by atoms with Gasteiger partial charge in [0.25, 0.3) is 0 Å². The monoisotopic (exact) mass is 293 g/mol. The highest BCUT2D eigenvalue weighted by Gasteiger charge is 2.26. The minimum Gasteiger partial charge on any atom is -0.342 e. The topological polar surface area (TPSA) is 38.1 Å². The summed E-state index contributed by atoms with van der Waals surface area (Å²) < 4.78 is 1.90. The van der Waals surface area contributed by atoms with Crippen LogP contribution in [0.1, 0.15) is 60.1 Å². The Kier molecular flexibility index (Phi) is 5.60. The van der Waals surface area contributed by atoms with Crippen molar-refractivity contribution in [2.75, 3.05) is 13.1 Å². The van der Waals surface area contributed by atoms with E-state index in [-0.39, 0.29) is 16.7 Å². The van der Waals surface area contributed by atoms with Crippen LogP contribution in [0.25, 0.3) is 0 Å². The van der Waals surface area contributed by atoms with Crippen LogP contribution in [0.3, 0.4) is 0 Å². The van der Waals surface area contributed by atoms with Gasteiger partial charge in [0.2, 0.25) is 5.91 Å². The summed E-state index contributed by atoms with van der Waals surface area (Å²) in [5.41, 5.74) is 1.28.